The van der Waals surface area contributed by atoms with Gasteiger partial charge in [-0.1, -0.05) is 18.2 Å². The first kappa shape index (κ1) is 10.4. The van der Waals surface area contributed by atoms with E-state index in [-0.39, 0.29) is 5.56 Å². The van der Waals surface area contributed by atoms with Gasteiger partial charge in [0, 0.05) is 5.56 Å². The molecule has 0 amide bonds. The number of carbonyl (C=O) groups is 2. The normalized spacial score (nSPS) is 11.9. The molecule has 1 rings (SSSR count). The van der Waals surface area contributed by atoms with E-state index in [9.17, 15) is 14.0 Å². The first-order chi connectivity index (χ1) is 6.70. The zero-order valence-corrected chi connectivity index (χ0v) is 7.57. The van der Waals surface area contributed by atoms with Crippen LogP contribution in [0.15, 0.2) is 24.3 Å². The lowest BCUT2D eigenvalue weighted by Gasteiger charge is -2.08. The Hall–Kier alpha value is -1.71. The number of hydrogen-bond donors (Lipinski definition) is 0. The fraction of sp³-hybridized carbons (Fsp3) is 0.200. The summed E-state index contributed by atoms with van der Waals surface area (Å²) in [6.07, 6.45) is 0.365. The Morgan fingerprint density at radius 2 is 2.14 bits per heavy atom. The van der Waals surface area contributed by atoms with E-state index in [2.05, 4.69) is 4.74 Å². The molecular weight excluding hydrogens is 187 g/mol. The molecule has 1 unspecified atom stereocenters. The van der Waals surface area contributed by atoms with Crippen LogP contribution < -0.4 is 0 Å². The molecule has 74 valence electrons. The predicted molar refractivity (Wildman–Crippen MR) is 47.2 cm³/mol. The van der Waals surface area contributed by atoms with Gasteiger partial charge in [-0.2, -0.15) is 0 Å². The fourth-order valence-corrected chi connectivity index (χ4v) is 1.11. The molecule has 0 N–H and O–H groups in total. The van der Waals surface area contributed by atoms with Crippen molar-refractivity contribution in [2.45, 2.75) is 5.92 Å². The molecule has 1 atom stereocenters. The van der Waals surface area contributed by atoms with Crippen molar-refractivity contribution in [2.24, 2.45) is 0 Å². The second kappa shape index (κ2) is 4.50. The lowest BCUT2D eigenvalue weighted by atomic mass is 10.0. The second-order valence-electron chi connectivity index (χ2n) is 2.66. The van der Waals surface area contributed by atoms with Crippen LogP contribution in [0.5, 0.6) is 0 Å². The summed E-state index contributed by atoms with van der Waals surface area (Å²) in [5.41, 5.74) is 0.0364. The molecule has 0 bridgehead atoms. The van der Waals surface area contributed by atoms with Crippen LogP contribution in [0.2, 0.25) is 0 Å². The summed E-state index contributed by atoms with van der Waals surface area (Å²) < 4.78 is 17.5. The molecule has 0 saturated heterocycles. The maximum Gasteiger partial charge on any atom is 0.320 e. The van der Waals surface area contributed by atoms with Gasteiger partial charge in [-0.15, -0.1) is 0 Å². The van der Waals surface area contributed by atoms with Crippen LogP contribution in [-0.2, 0) is 14.3 Å². The predicted octanol–water partition coefficient (Wildman–Crippen LogP) is 1.28. The Morgan fingerprint density at radius 1 is 1.50 bits per heavy atom. The Morgan fingerprint density at radius 3 is 2.64 bits per heavy atom. The summed E-state index contributed by atoms with van der Waals surface area (Å²) in [4.78, 5) is 21.7. The third-order valence-corrected chi connectivity index (χ3v) is 1.83. The molecule has 0 aliphatic heterocycles. The van der Waals surface area contributed by atoms with Crippen LogP contribution in [0, 0.1) is 5.82 Å². The summed E-state index contributed by atoms with van der Waals surface area (Å²) in [6, 6.07) is 5.61. The van der Waals surface area contributed by atoms with Gasteiger partial charge in [0.2, 0.25) is 0 Å². The summed E-state index contributed by atoms with van der Waals surface area (Å²) in [5.74, 6) is -2.53. The summed E-state index contributed by atoms with van der Waals surface area (Å²) in [5, 5.41) is 0. The lowest BCUT2D eigenvalue weighted by molar-refractivity contribution is -0.143. The van der Waals surface area contributed by atoms with Gasteiger partial charge in [-0.3, -0.25) is 4.79 Å². The zero-order valence-electron chi connectivity index (χ0n) is 7.57. The molecule has 0 aliphatic carbocycles. The van der Waals surface area contributed by atoms with Gasteiger partial charge in [-0.25, -0.2) is 4.39 Å². The minimum atomic E-state index is -1.18. The van der Waals surface area contributed by atoms with Crippen LogP contribution in [0.4, 0.5) is 4.39 Å². The van der Waals surface area contributed by atoms with Crippen LogP contribution in [-0.4, -0.2) is 19.4 Å². The van der Waals surface area contributed by atoms with Gasteiger partial charge in [0.15, 0.2) is 0 Å². The second-order valence-corrected chi connectivity index (χ2v) is 2.66. The molecule has 1 aromatic rings. The van der Waals surface area contributed by atoms with E-state index in [1.807, 2.05) is 0 Å². The van der Waals surface area contributed by atoms with Crippen LogP contribution in [0.1, 0.15) is 11.5 Å². The van der Waals surface area contributed by atoms with Gasteiger partial charge in [0.05, 0.1) is 7.11 Å². The van der Waals surface area contributed by atoms with Crippen molar-refractivity contribution in [1.82, 2.24) is 0 Å². The molecule has 0 aliphatic rings. The van der Waals surface area contributed by atoms with Crippen molar-refractivity contribution in [1.29, 1.82) is 0 Å². The van der Waals surface area contributed by atoms with Gasteiger partial charge in [-0.05, 0) is 6.07 Å². The zero-order chi connectivity index (χ0) is 10.6. The minimum Gasteiger partial charge on any atom is -0.468 e. The highest BCUT2D eigenvalue weighted by Gasteiger charge is 2.23. The number of aldehydes is 1. The third-order valence-electron chi connectivity index (χ3n) is 1.83. The van der Waals surface area contributed by atoms with Crippen LogP contribution >= 0.6 is 0 Å². The van der Waals surface area contributed by atoms with Crippen LogP contribution in [0.25, 0.3) is 0 Å². The maximum atomic E-state index is 13.2. The molecule has 0 aromatic heterocycles. The van der Waals surface area contributed by atoms with Crippen molar-refractivity contribution in [2.75, 3.05) is 7.11 Å². The molecule has 0 heterocycles. The topological polar surface area (TPSA) is 43.4 Å². The number of rotatable bonds is 3. The van der Waals surface area contributed by atoms with E-state index in [0.717, 1.165) is 7.11 Å². The van der Waals surface area contributed by atoms with Gasteiger partial charge in [0.1, 0.15) is 18.0 Å². The Labute approximate surface area is 80.5 Å². The number of carbonyl (C=O) groups excluding carboxylic acids is 2. The SMILES string of the molecule is COC(=O)C(C=O)c1ccccc1F. The molecule has 0 radical (unpaired) electrons. The van der Waals surface area contributed by atoms with Crippen molar-refractivity contribution >= 4 is 12.3 Å². The molecule has 4 heteroatoms. The van der Waals surface area contributed by atoms with Crippen molar-refractivity contribution in [3.05, 3.63) is 35.6 Å². The highest BCUT2D eigenvalue weighted by atomic mass is 19.1. The van der Waals surface area contributed by atoms with E-state index in [1.165, 1.54) is 18.2 Å². The maximum absolute atomic E-state index is 13.2. The first-order valence-corrected chi connectivity index (χ1v) is 3.98. The average Bonchev–Trinajstić information content (AvgIpc) is 2.21. The Bertz CT molecular complexity index is 349. The first-order valence-electron chi connectivity index (χ1n) is 3.98. The van der Waals surface area contributed by atoms with E-state index >= 15 is 0 Å². The fourth-order valence-electron chi connectivity index (χ4n) is 1.11. The quantitative estimate of drug-likeness (QED) is 0.415. The number of methoxy groups -OCH3 is 1. The molecule has 0 saturated carbocycles. The molecule has 0 spiro atoms. The van der Waals surface area contributed by atoms with Crippen molar-refractivity contribution in [3.8, 4) is 0 Å². The monoisotopic (exact) mass is 196 g/mol. The number of halogens is 1. The lowest BCUT2D eigenvalue weighted by Crippen LogP contribution is -2.16. The number of hydrogen-bond acceptors (Lipinski definition) is 3. The minimum absolute atomic E-state index is 0.0364. The largest absolute Gasteiger partial charge is 0.468 e. The summed E-state index contributed by atoms with van der Waals surface area (Å²) in [6.45, 7) is 0. The molecule has 3 nitrogen and oxygen atoms in total. The number of benzene rings is 1. The highest BCUT2D eigenvalue weighted by molar-refractivity contribution is 5.94. The highest BCUT2D eigenvalue weighted by Crippen LogP contribution is 2.18. The number of esters is 1. The van der Waals surface area contributed by atoms with Gasteiger partial charge in [0.25, 0.3) is 0 Å². The molecule has 0 fully saturated rings. The molecule has 1 aromatic carbocycles. The smallest absolute Gasteiger partial charge is 0.320 e. The van der Waals surface area contributed by atoms with Gasteiger partial charge < -0.3 is 9.53 Å². The number of ether oxygens (including phenoxy) is 1. The van der Waals surface area contributed by atoms with E-state index in [1.54, 1.807) is 6.07 Å². The average molecular weight is 196 g/mol. The van der Waals surface area contributed by atoms with E-state index < -0.39 is 17.7 Å². The summed E-state index contributed by atoms with van der Waals surface area (Å²) >= 11 is 0. The van der Waals surface area contributed by atoms with Gasteiger partial charge >= 0.3 is 5.97 Å². The third kappa shape index (κ3) is 1.96. The van der Waals surface area contributed by atoms with Crippen LogP contribution in [0.3, 0.4) is 0 Å². The molecule has 14 heavy (non-hydrogen) atoms. The van der Waals surface area contributed by atoms with Crippen molar-refractivity contribution < 1.29 is 18.7 Å². The Kier molecular flexibility index (Phi) is 3.34. The van der Waals surface area contributed by atoms with Crippen molar-refractivity contribution in [3.63, 3.8) is 0 Å². The molecular formula is C10H9FO3. The summed E-state index contributed by atoms with van der Waals surface area (Å²) in [7, 11) is 1.15. The van der Waals surface area contributed by atoms with E-state index in [0.29, 0.717) is 6.29 Å². The standard InChI is InChI=1S/C10H9FO3/c1-14-10(13)8(6-12)7-4-2-3-5-9(7)11/h2-6,8H,1H3. The van der Waals surface area contributed by atoms with E-state index in [4.69, 9.17) is 0 Å². The Balaban J connectivity index is 3.07.